The van der Waals surface area contributed by atoms with Crippen LogP contribution in [-0.2, 0) is 18.9 Å². The van der Waals surface area contributed by atoms with E-state index >= 15 is 0 Å². The van der Waals surface area contributed by atoms with Crippen LogP contribution in [0.2, 0.25) is 0 Å². The third kappa shape index (κ3) is 14.9. The second-order valence-corrected chi connectivity index (χ2v) is 16.0. The van der Waals surface area contributed by atoms with E-state index in [1.54, 1.807) is 0 Å². The minimum Gasteiger partial charge on any atom is -0.494 e. The molecule has 0 spiro atoms. The number of unbranched alkanes of at least 4 members (excludes halogenated alkanes) is 8. The summed E-state index contributed by atoms with van der Waals surface area (Å²) in [6.45, 7) is 15.0. The maximum absolute atomic E-state index is 6.00. The van der Waals surface area contributed by atoms with Gasteiger partial charge in [0.05, 0.1) is 52.9 Å². The van der Waals surface area contributed by atoms with E-state index in [4.69, 9.17) is 28.4 Å². The molecule has 0 aromatic heterocycles. The van der Waals surface area contributed by atoms with Crippen LogP contribution in [-0.4, -0.2) is 66.1 Å². The number of ether oxygens (including phenoxy) is 6. The third-order valence-corrected chi connectivity index (χ3v) is 11.3. The van der Waals surface area contributed by atoms with Gasteiger partial charge in [0.1, 0.15) is 11.5 Å². The molecule has 6 heteroatoms. The lowest BCUT2D eigenvalue weighted by atomic mass is 9.84. The Bertz CT molecular complexity index is 1540. The molecule has 2 saturated heterocycles. The zero-order valence-electron chi connectivity index (χ0n) is 34.2. The number of hydrogen-bond donors (Lipinski definition) is 0. The average molecular weight is 753 g/mol. The molecule has 0 aliphatic carbocycles. The van der Waals surface area contributed by atoms with E-state index in [-0.39, 0.29) is 0 Å². The Morgan fingerprint density at radius 2 is 0.891 bits per heavy atom. The van der Waals surface area contributed by atoms with Crippen LogP contribution in [0.25, 0.3) is 24.3 Å². The van der Waals surface area contributed by atoms with Crippen molar-refractivity contribution < 1.29 is 28.4 Å². The highest BCUT2D eigenvalue weighted by Crippen LogP contribution is 2.32. The first kappa shape index (κ1) is 42.7. The molecule has 5 rings (SSSR count). The van der Waals surface area contributed by atoms with Gasteiger partial charge in [0.25, 0.3) is 0 Å². The first-order chi connectivity index (χ1) is 27.0. The molecule has 0 saturated carbocycles. The first-order valence-electron chi connectivity index (χ1n) is 21.2. The van der Waals surface area contributed by atoms with E-state index in [9.17, 15) is 0 Å². The summed E-state index contributed by atoms with van der Waals surface area (Å²) in [4.78, 5) is 0. The van der Waals surface area contributed by atoms with Gasteiger partial charge in [-0.15, -0.1) is 0 Å². The Morgan fingerprint density at radius 3 is 1.31 bits per heavy atom. The van der Waals surface area contributed by atoms with Crippen molar-refractivity contribution in [2.75, 3.05) is 66.1 Å². The van der Waals surface area contributed by atoms with E-state index in [2.05, 4.69) is 112 Å². The lowest BCUT2D eigenvalue weighted by Gasteiger charge is -2.40. The molecule has 0 bridgehead atoms. The van der Waals surface area contributed by atoms with E-state index in [1.807, 2.05) is 0 Å². The van der Waals surface area contributed by atoms with Crippen LogP contribution >= 0.6 is 0 Å². The molecule has 2 heterocycles. The highest BCUT2D eigenvalue weighted by Gasteiger charge is 2.37. The molecule has 0 radical (unpaired) electrons. The Morgan fingerprint density at radius 1 is 0.491 bits per heavy atom. The van der Waals surface area contributed by atoms with Crippen LogP contribution in [0.5, 0.6) is 11.5 Å². The molecular formula is C49H68O6. The van der Waals surface area contributed by atoms with Crippen molar-refractivity contribution in [2.24, 2.45) is 10.8 Å². The topological polar surface area (TPSA) is 55.4 Å². The minimum absolute atomic E-state index is 0.295. The van der Waals surface area contributed by atoms with Gasteiger partial charge in [-0.2, -0.15) is 0 Å². The smallest absolute Gasteiger partial charge is 0.119 e. The summed E-state index contributed by atoms with van der Waals surface area (Å²) >= 11 is 0. The highest BCUT2D eigenvalue weighted by molar-refractivity contribution is 5.74. The van der Waals surface area contributed by atoms with Gasteiger partial charge >= 0.3 is 0 Å². The molecule has 6 nitrogen and oxygen atoms in total. The fraction of sp³-hybridized carbons (Fsp3) is 0.551. The predicted octanol–water partition coefficient (Wildman–Crippen LogP) is 11.9. The van der Waals surface area contributed by atoms with Crippen molar-refractivity contribution in [3.8, 4) is 11.5 Å². The van der Waals surface area contributed by atoms with Gasteiger partial charge in [-0.25, -0.2) is 0 Å². The zero-order chi connectivity index (χ0) is 38.4. The molecule has 2 aliphatic rings. The van der Waals surface area contributed by atoms with Crippen molar-refractivity contribution in [3.63, 3.8) is 0 Å². The lowest BCUT2D eigenvalue weighted by molar-refractivity contribution is -0.150. The number of benzene rings is 3. The van der Waals surface area contributed by atoms with E-state index in [0.717, 1.165) is 127 Å². The van der Waals surface area contributed by atoms with Gasteiger partial charge in [-0.05, 0) is 97.5 Å². The molecule has 3 aromatic carbocycles. The molecule has 0 N–H and O–H groups in total. The summed E-state index contributed by atoms with van der Waals surface area (Å²) in [5.41, 5.74) is 6.58. The molecule has 3 aromatic rings. The Kier molecular flexibility index (Phi) is 18.3. The Labute approximate surface area is 332 Å². The van der Waals surface area contributed by atoms with Gasteiger partial charge in [-0.1, -0.05) is 119 Å². The van der Waals surface area contributed by atoms with Crippen LogP contribution in [0.1, 0.15) is 119 Å². The van der Waals surface area contributed by atoms with Crippen LogP contribution in [0.15, 0.2) is 66.7 Å². The van der Waals surface area contributed by atoms with Crippen LogP contribution in [0.4, 0.5) is 0 Å². The third-order valence-electron chi connectivity index (χ3n) is 11.3. The van der Waals surface area contributed by atoms with Gasteiger partial charge in [0.2, 0.25) is 0 Å². The first-order valence-corrected chi connectivity index (χ1v) is 21.2. The summed E-state index contributed by atoms with van der Waals surface area (Å²) in [6, 6.07) is 23.4. The SMILES string of the molecule is CCC1(COCCCCCCCOc2ccc(/C=C/c3ccc(/C=C/c4ccc(OCCCCCCCOCC5(CC)COC5)cc4)c(C)c3)cc2)COC1. The molecule has 2 aliphatic heterocycles. The molecule has 300 valence electrons. The van der Waals surface area contributed by atoms with E-state index in [1.165, 1.54) is 55.2 Å². The van der Waals surface area contributed by atoms with Crippen molar-refractivity contribution in [2.45, 2.75) is 97.8 Å². The van der Waals surface area contributed by atoms with Gasteiger partial charge in [0, 0.05) is 24.0 Å². The molecule has 55 heavy (non-hydrogen) atoms. The van der Waals surface area contributed by atoms with Crippen molar-refractivity contribution in [1.29, 1.82) is 0 Å². The average Bonchev–Trinajstić information content (AvgIpc) is 3.17. The zero-order valence-corrected chi connectivity index (χ0v) is 34.2. The number of hydrogen-bond acceptors (Lipinski definition) is 6. The maximum Gasteiger partial charge on any atom is 0.119 e. The standard InChI is InChI=1S/C49H68O6/c1-4-48(37-52-38-48)35-50-30-12-8-6-10-14-32-54-46-26-20-42(21-27-46)16-17-44-19-25-45(41(3)34-44)24-18-43-22-28-47(29-23-43)55-33-15-11-7-9-13-31-51-36-49(5-2)39-53-40-49/h16-29,34H,4-15,30-33,35-40H2,1-3H3/b17-16+,24-18+. The normalized spacial score (nSPS) is 16.0. The molecule has 0 amide bonds. The van der Waals surface area contributed by atoms with Crippen molar-refractivity contribution in [1.82, 2.24) is 0 Å². The van der Waals surface area contributed by atoms with Crippen LogP contribution in [0.3, 0.4) is 0 Å². The predicted molar refractivity (Wildman–Crippen MR) is 228 cm³/mol. The monoisotopic (exact) mass is 753 g/mol. The van der Waals surface area contributed by atoms with Crippen molar-refractivity contribution in [3.05, 3.63) is 94.5 Å². The number of rotatable bonds is 28. The van der Waals surface area contributed by atoms with Gasteiger partial charge in [0.15, 0.2) is 0 Å². The molecular weight excluding hydrogens is 685 g/mol. The lowest BCUT2D eigenvalue weighted by Crippen LogP contribution is -2.45. The highest BCUT2D eigenvalue weighted by atomic mass is 16.5. The molecule has 0 unspecified atom stereocenters. The summed E-state index contributed by atoms with van der Waals surface area (Å²) in [5.74, 6) is 1.87. The molecule has 0 atom stereocenters. The van der Waals surface area contributed by atoms with Crippen molar-refractivity contribution >= 4 is 24.3 Å². The summed E-state index contributed by atoms with van der Waals surface area (Å²) in [6.07, 6.45) is 22.7. The van der Waals surface area contributed by atoms with E-state index < -0.39 is 0 Å². The summed E-state index contributed by atoms with van der Waals surface area (Å²) in [5, 5.41) is 0. The summed E-state index contributed by atoms with van der Waals surface area (Å²) < 4.78 is 34.6. The minimum atomic E-state index is 0.295. The molecule has 2 fully saturated rings. The quantitative estimate of drug-likeness (QED) is 0.0544. The summed E-state index contributed by atoms with van der Waals surface area (Å²) in [7, 11) is 0. The van der Waals surface area contributed by atoms with Crippen LogP contribution < -0.4 is 9.47 Å². The fourth-order valence-electron chi connectivity index (χ4n) is 6.91. The van der Waals surface area contributed by atoms with Crippen LogP contribution in [0, 0.1) is 17.8 Å². The Hall–Kier alpha value is -3.42. The fourth-order valence-corrected chi connectivity index (χ4v) is 6.91. The maximum atomic E-state index is 6.00. The van der Waals surface area contributed by atoms with Gasteiger partial charge in [-0.3, -0.25) is 0 Å². The second-order valence-electron chi connectivity index (χ2n) is 16.0. The van der Waals surface area contributed by atoms with Gasteiger partial charge < -0.3 is 28.4 Å². The largest absolute Gasteiger partial charge is 0.494 e. The second kappa shape index (κ2) is 23.6. The van der Waals surface area contributed by atoms with E-state index in [0.29, 0.717) is 10.8 Å². The number of aryl methyl sites for hydroxylation is 1. The Balaban J connectivity index is 0.896.